The molecule has 0 aliphatic rings. The molecule has 0 aliphatic carbocycles. The largest absolute Gasteiger partial charge is 0.386 e. The van der Waals surface area contributed by atoms with Crippen molar-refractivity contribution in [3.8, 4) is 0 Å². The molecule has 1 amide bonds. The van der Waals surface area contributed by atoms with Crippen LogP contribution < -0.4 is 5.32 Å². The van der Waals surface area contributed by atoms with Crippen LogP contribution in [0.1, 0.15) is 33.5 Å². The molecule has 1 aromatic carbocycles. The number of hydrogen-bond acceptors (Lipinski definition) is 4. The molecule has 2 aromatic rings. The number of aliphatic hydroxyl groups is 1. The first-order valence-corrected chi connectivity index (χ1v) is 7.36. The number of nitrogens with one attached hydrogen (secondary N) is 1. The zero-order chi connectivity index (χ0) is 16.3. The molecule has 116 valence electrons. The SMILES string of the molecule is Cc1ncc(C(=O)NCC(O)c2c(Cl)cccc2Cl)c(C)n1. The van der Waals surface area contributed by atoms with E-state index in [0.717, 1.165) is 0 Å². The van der Waals surface area contributed by atoms with E-state index in [2.05, 4.69) is 15.3 Å². The summed E-state index contributed by atoms with van der Waals surface area (Å²) in [4.78, 5) is 20.2. The van der Waals surface area contributed by atoms with Gasteiger partial charge in [0.2, 0.25) is 0 Å². The molecule has 0 aliphatic heterocycles. The number of nitrogens with zero attached hydrogens (tertiary/aromatic N) is 2. The van der Waals surface area contributed by atoms with E-state index in [1.54, 1.807) is 32.0 Å². The Morgan fingerprint density at radius 3 is 2.55 bits per heavy atom. The van der Waals surface area contributed by atoms with Crippen molar-refractivity contribution >= 4 is 29.1 Å². The van der Waals surface area contributed by atoms with E-state index in [-0.39, 0.29) is 12.5 Å². The molecule has 2 rings (SSSR count). The lowest BCUT2D eigenvalue weighted by molar-refractivity contribution is 0.0915. The number of hydrogen-bond donors (Lipinski definition) is 2. The van der Waals surface area contributed by atoms with E-state index < -0.39 is 6.10 Å². The van der Waals surface area contributed by atoms with Gasteiger partial charge in [0.15, 0.2) is 0 Å². The summed E-state index contributed by atoms with van der Waals surface area (Å²) in [6.07, 6.45) is 0.457. The molecular formula is C15H15Cl2N3O2. The third-order valence-electron chi connectivity index (χ3n) is 3.13. The van der Waals surface area contributed by atoms with Gasteiger partial charge in [-0.2, -0.15) is 0 Å². The predicted molar refractivity (Wildman–Crippen MR) is 85.3 cm³/mol. The number of halogens is 2. The fraction of sp³-hybridized carbons (Fsp3) is 0.267. The van der Waals surface area contributed by atoms with Crippen LogP contribution in [0.4, 0.5) is 0 Å². The second-order valence-corrected chi connectivity index (χ2v) is 5.59. The Labute approximate surface area is 138 Å². The summed E-state index contributed by atoms with van der Waals surface area (Å²) in [6, 6.07) is 4.95. The summed E-state index contributed by atoms with van der Waals surface area (Å²) in [5, 5.41) is 13.5. The third-order valence-corrected chi connectivity index (χ3v) is 3.79. The van der Waals surface area contributed by atoms with Crippen molar-refractivity contribution in [2.24, 2.45) is 0 Å². The molecule has 1 heterocycles. The first kappa shape index (κ1) is 16.7. The molecule has 0 radical (unpaired) electrons. The van der Waals surface area contributed by atoms with E-state index in [1.165, 1.54) is 6.20 Å². The topological polar surface area (TPSA) is 75.1 Å². The predicted octanol–water partition coefficient (Wildman–Crippen LogP) is 2.86. The van der Waals surface area contributed by atoms with Crippen molar-refractivity contribution in [1.82, 2.24) is 15.3 Å². The van der Waals surface area contributed by atoms with Gasteiger partial charge in [0.05, 0.1) is 17.4 Å². The van der Waals surface area contributed by atoms with Gasteiger partial charge >= 0.3 is 0 Å². The number of aromatic nitrogens is 2. The Morgan fingerprint density at radius 2 is 1.95 bits per heavy atom. The van der Waals surface area contributed by atoms with E-state index in [4.69, 9.17) is 23.2 Å². The molecule has 0 fully saturated rings. The fourth-order valence-electron chi connectivity index (χ4n) is 2.02. The molecule has 0 spiro atoms. The minimum Gasteiger partial charge on any atom is -0.386 e. The normalized spacial score (nSPS) is 12.0. The molecule has 7 heteroatoms. The summed E-state index contributed by atoms with van der Waals surface area (Å²) in [7, 11) is 0. The highest BCUT2D eigenvalue weighted by atomic mass is 35.5. The summed E-state index contributed by atoms with van der Waals surface area (Å²) in [6.45, 7) is 3.46. The first-order valence-electron chi connectivity index (χ1n) is 6.60. The van der Waals surface area contributed by atoms with E-state index in [0.29, 0.717) is 32.7 Å². The minimum atomic E-state index is -1.00. The van der Waals surface area contributed by atoms with Gasteiger partial charge in [-0.3, -0.25) is 4.79 Å². The van der Waals surface area contributed by atoms with Crippen molar-refractivity contribution in [3.05, 3.63) is 57.1 Å². The van der Waals surface area contributed by atoms with Crippen LogP contribution in [-0.2, 0) is 0 Å². The van der Waals surface area contributed by atoms with Gasteiger partial charge in [0.1, 0.15) is 5.82 Å². The van der Waals surface area contributed by atoms with Crippen LogP contribution in [0.3, 0.4) is 0 Å². The Kier molecular flexibility index (Phi) is 5.34. The Morgan fingerprint density at radius 1 is 1.32 bits per heavy atom. The van der Waals surface area contributed by atoms with Gasteiger partial charge in [0.25, 0.3) is 5.91 Å². The van der Waals surface area contributed by atoms with Crippen LogP contribution >= 0.6 is 23.2 Å². The zero-order valence-corrected chi connectivity index (χ0v) is 13.6. The molecule has 1 aromatic heterocycles. The third kappa shape index (κ3) is 3.74. The maximum absolute atomic E-state index is 12.1. The molecule has 0 saturated heterocycles. The quantitative estimate of drug-likeness (QED) is 0.897. The fourth-order valence-corrected chi connectivity index (χ4v) is 2.67. The first-order chi connectivity index (χ1) is 10.4. The average Bonchev–Trinajstić information content (AvgIpc) is 2.44. The molecule has 2 N–H and O–H groups in total. The summed E-state index contributed by atoms with van der Waals surface area (Å²) in [5.41, 5.74) is 1.33. The average molecular weight is 340 g/mol. The number of carbonyl (C=O) groups excluding carboxylic acids is 1. The standard InChI is InChI=1S/C15H15Cl2N3O2/c1-8-10(6-18-9(2)20-8)15(22)19-7-13(21)14-11(16)4-3-5-12(14)17/h3-6,13,21H,7H2,1-2H3,(H,19,22). The van der Waals surface area contributed by atoms with Gasteiger partial charge in [-0.25, -0.2) is 9.97 Å². The summed E-state index contributed by atoms with van der Waals surface area (Å²) < 4.78 is 0. The monoisotopic (exact) mass is 339 g/mol. The van der Waals surface area contributed by atoms with Gasteiger partial charge in [-0.05, 0) is 26.0 Å². The van der Waals surface area contributed by atoms with Crippen LogP contribution in [0.15, 0.2) is 24.4 Å². The van der Waals surface area contributed by atoms with Gasteiger partial charge in [-0.1, -0.05) is 29.3 Å². The molecule has 0 saturated carbocycles. The highest BCUT2D eigenvalue weighted by Gasteiger charge is 2.17. The lowest BCUT2D eigenvalue weighted by Gasteiger charge is -2.15. The van der Waals surface area contributed by atoms with Gasteiger partial charge in [0, 0.05) is 28.4 Å². The molecule has 1 unspecified atom stereocenters. The van der Waals surface area contributed by atoms with Crippen LogP contribution in [0, 0.1) is 13.8 Å². The van der Waals surface area contributed by atoms with Crippen LogP contribution in [0.25, 0.3) is 0 Å². The zero-order valence-electron chi connectivity index (χ0n) is 12.1. The molecule has 1 atom stereocenters. The maximum Gasteiger partial charge on any atom is 0.254 e. The second kappa shape index (κ2) is 7.05. The second-order valence-electron chi connectivity index (χ2n) is 4.78. The number of carbonyl (C=O) groups is 1. The summed E-state index contributed by atoms with van der Waals surface area (Å²) >= 11 is 12.0. The lowest BCUT2D eigenvalue weighted by atomic mass is 10.1. The van der Waals surface area contributed by atoms with Crippen molar-refractivity contribution in [2.75, 3.05) is 6.54 Å². The highest BCUT2D eigenvalue weighted by molar-refractivity contribution is 6.36. The van der Waals surface area contributed by atoms with E-state index in [9.17, 15) is 9.90 Å². The van der Waals surface area contributed by atoms with Crippen molar-refractivity contribution in [2.45, 2.75) is 20.0 Å². The highest BCUT2D eigenvalue weighted by Crippen LogP contribution is 2.29. The molecule has 5 nitrogen and oxygen atoms in total. The molecular weight excluding hydrogens is 325 g/mol. The lowest BCUT2D eigenvalue weighted by Crippen LogP contribution is -2.29. The van der Waals surface area contributed by atoms with E-state index >= 15 is 0 Å². The number of aliphatic hydroxyl groups excluding tert-OH is 1. The number of rotatable bonds is 4. The molecule has 22 heavy (non-hydrogen) atoms. The number of amides is 1. The van der Waals surface area contributed by atoms with Gasteiger partial charge in [-0.15, -0.1) is 0 Å². The Hall–Kier alpha value is -1.69. The van der Waals surface area contributed by atoms with Crippen LogP contribution in [-0.4, -0.2) is 27.5 Å². The number of benzene rings is 1. The smallest absolute Gasteiger partial charge is 0.254 e. The van der Waals surface area contributed by atoms with Crippen molar-refractivity contribution in [1.29, 1.82) is 0 Å². The van der Waals surface area contributed by atoms with Gasteiger partial charge < -0.3 is 10.4 Å². The van der Waals surface area contributed by atoms with Crippen LogP contribution in [0.5, 0.6) is 0 Å². The number of aryl methyl sites for hydroxylation is 2. The molecule has 0 bridgehead atoms. The van der Waals surface area contributed by atoms with Crippen molar-refractivity contribution in [3.63, 3.8) is 0 Å². The van der Waals surface area contributed by atoms with Crippen molar-refractivity contribution < 1.29 is 9.90 Å². The minimum absolute atomic E-state index is 0.0183. The Bertz CT molecular complexity index is 687. The van der Waals surface area contributed by atoms with E-state index in [1.807, 2.05) is 0 Å². The maximum atomic E-state index is 12.1. The Balaban J connectivity index is 2.08. The van der Waals surface area contributed by atoms with Crippen LogP contribution in [0.2, 0.25) is 10.0 Å². The summed E-state index contributed by atoms with van der Waals surface area (Å²) in [5.74, 6) is 0.233.